The molecule has 40 heavy (non-hydrogen) atoms. The summed E-state index contributed by atoms with van der Waals surface area (Å²) in [5.74, 6) is 1.90. The van der Waals surface area contributed by atoms with Gasteiger partial charge in [-0.15, -0.1) is 11.8 Å². The Morgan fingerprint density at radius 2 is 1.48 bits per heavy atom. The summed E-state index contributed by atoms with van der Waals surface area (Å²) in [7, 11) is 1.61. The van der Waals surface area contributed by atoms with Crippen LogP contribution in [0.4, 0.5) is 5.69 Å². The maximum atomic E-state index is 13.2. The first-order chi connectivity index (χ1) is 19.7. The maximum Gasteiger partial charge on any atom is 0.259 e. The molecule has 1 N–H and O–H groups in total. The van der Waals surface area contributed by atoms with Crippen LogP contribution in [0.2, 0.25) is 0 Å². The molecule has 0 aromatic heterocycles. The van der Waals surface area contributed by atoms with E-state index in [0.717, 1.165) is 31.0 Å². The first-order valence-electron chi connectivity index (χ1n) is 15.4. The second-order valence-corrected chi connectivity index (χ2v) is 11.6. The van der Waals surface area contributed by atoms with Crippen LogP contribution in [-0.2, 0) is 6.54 Å². The summed E-state index contributed by atoms with van der Waals surface area (Å²) in [6, 6.07) is 13.5. The molecule has 0 unspecified atom stereocenters. The molecule has 0 aliphatic carbocycles. The molecule has 2 aromatic rings. The minimum Gasteiger partial charge on any atom is -0.493 e. The molecule has 6 heteroatoms. The van der Waals surface area contributed by atoms with Crippen molar-refractivity contribution in [2.75, 3.05) is 24.9 Å². The normalized spacial score (nSPS) is 12.6. The maximum absolute atomic E-state index is 13.2. The van der Waals surface area contributed by atoms with Crippen LogP contribution in [0.5, 0.6) is 11.5 Å². The summed E-state index contributed by atoms with van der Waals surface area (Å²) < 4.78 is 11.6. The van der Waals surface area contributed by atoms with E-state index in [4.69, 9.17) is 9.47 Å². The molecule has 1 amide bonds. The molecule has 0 spiro atoms. The fourth-order valence-electron chi connectivity index (χ4n) is 5.01. The minimum atomic E-state index is -0.193. The van der Waals surface area contributed by atoms with Gasteiger partial charge in [-0.2, -0.15) is 0 Å². The number of anilines is 1. The molecule has 0 saturated heterocycles. The zero-order chi connectivity index (χ0) is 28.3. The Morgan fingerprint density at radius 3 is 2.05 bits per heavy atom. The summed E-state index contributed by atoms with van der Waals surface area (Å²) in [6.45, 7) is 3.72. The molecule has 1 aliphatic rings. The van der Waals surface area contributed by atoms with Gasteiger partial charge in [0.2, 0.25) is 0 Å². The van der Waals surface area contributed by atoms with Crippen LogP contribution < -0.4 is 14.8 Å². The van der Waals surface area contributed by atoms with Gasteiger partial charge in [-0.25, -0.2) is 0 Å². The highest BCUT2D eigenvalue weighted by Gasteiger charge is 2.17. The van der Waals surface area contributed by atoms with Crippen LogP contribution >= 0.6 is 11.8 Å². The Bertz CT molecular complexity index is 1010. The monoisotopic (exact) mass is 566 g/mol. The van der Waals surface area contributed by atoms with Crippen LogP contribution in [0.3, 0.4) is 0 Å². The molecule has 0 atom stereocenters. The smallest absolute Gasteiger partial charge is 0.259 e. The highest BCUT2D eigenvalue weighted by Crippen LogP contribution is 2.32. The van der Waals surface area contributed by atoms with Crippen molar-refractivity contribution in [1.29, 1.82) is 0 Å². The highest BCUT2D eigenvalue weighted by atomic mass is 32.2. The number of para-hydroxylation sites is 1. The molecule has 0 bridgehead atoms. The van der Waals surface area contributed by atoms with E-state index in [9.17, 15) is 4.79 Å². The van der Waals surface area contributed by atoms with Crippen molar-refractivity contribution in [1.82, 2.24) is 4.90 Å². The van der Waals surface area contributed by atoms with Crippen molar-refractivity contribution >= 4 is 23.4 Å². The van der Waals surface area contributed by atoms with E-state index in [0.29, 0.717) is 23.7 Å². The van der Waals surface area contributed by atoms with Gasteiger partial charge in [0.25, 0.3) is 5.91 Å². The quantitative estimate of drug-likeness (QED) is 0.152. The van der Waals surface area contributed by atoms with E-state index in [1.807, 2.05) is 24.3 Å². The predicted molar refractivity (Wildman–Crippen MR) is 170 cm³/mol. The molecule has 2 aromatic carbocycles. The van der Waals surface area contributed by atoms with E-state index in [-0.39, 0.29) is 5.91 Å². The van der Waals surface area contributed by atoms with Crippen molar-refractivity contribution in [2.24, 2.45) is 0 Å². The second-order valence-electron chi connectivity index (χ2n) is 10.8. The van der Waals surface area contributed by atoms with Gasteiger partial charge in [-0.05, 0) is 41.7 Å². The van der Waals surface area contributed by atoms with E-state index in [1.165, 1.54) is 82.6 Å². The first kappa shape index (κ1) is 31.9. The van der Waals surface area contributed by atoms with Gasteiger partial charge in [0.15, 0.2) is 11.5 Å². The summed E-state index contributed by atoms with van der Waals surface area (Å²) in [5, 5.41) is 5.13. The van der Waals surface area contributed by atoms with Crippen LogP contribution in [0.15, 0.2) is 54.1 Å². The number of nitrogens with one attached hydrogen (secondary N) is 1. The Morgan fingerprint density at radius 1 is 0.850 bits per heavy atom. The number of carbonyl (C=O) groups excluding carboxylic acids is 1. The van der Waals surface area contributed by atoms with Gasteiger partial charge in [-0.3, -0.25) is 4.79 Å². The van der Waals surface area contributed by atoms with Crippen molar-refractivity contribution in [2.45, 2.75) is 103 Å². The van der Waals surface area contributed by atoms with Gasteiger partial charge in [0, 0.05) is 18.4 Å². The molecule has 5 nitrogen and oxygen atoms in total. The molecule has 3 rings (SSSR count). The Kier molecular flexibility index (Phi) is 15.5. The molecule has 0 fully saturated rings. The number of rotatable bonds is 21. The molecule has 220 valence electrons. The van der Waals surface area contributed by atoms with E-state index >= 15 is 0 Å². The predicted octanol–water partition coefficient (Wildman–Crippen LogP) is 9.79. The lowest BCUT2D eigenvalue weighted by Crippen LogP contribution is -2.15. The molecule has 1 heterocycles. The Labute approximate surface area is 247 Å². The van der Waals surface area contributed by atoms with Crippen molar-refractivity contribution in [3.8, 4) is 11.5 Å². The van der Waals surface area contributed by atoms with Crippen LogP contribution in [0.25, 0.3) is 0 Å². The standard InChI is InChI=1S/C34H50N2O3S/c1-3-4-5-6-7-8-9-10-11-12-13-14-15-16-25-39-33-31(18-17-19-32(33)38-2)34(37)35-30-22-20-29(21-23-30)27-36-24-26-40-28-36/h17-24,26H,3-16,25,27-28H2,1-2H3,(H,35,37). The van der Waals surface area contributed by atoms with E-state index in [1.54, 1.807) is 24.9 Å². The number of carbonyl (C=O) groups is 1. The third kappa shape index (κ3) is 11.9. The summed E-state index contributed by atoms with van der Waals surface area (Å²) >= 11 is 1.80. The minimum absolute atomic E-state index is 0.193. The van der Waals surface area contributed by atoms with Crippen molar-refractivity contribution < 1.29 is 14.3 Å². The number of benzene rings is 2. The lowest BCUT2D eigenvalue weighted by atomic mass is 10.0. The summed E-state index contributed by atoms with van der Waals surface area (Å²) in [6.07, 6.45) is 20.6. The number of ether oxygens (including phenoxy) is 2. The number of hydrogen-bond donors (Lipinski definition) is 1. The highest BCUT2D eigenvalue weighted by molar-refractivity contribution is 8.02. The summed E-state index contributed by atoms with van der Waals surface area (Å²) in [5.41, 5.74) is 2.47. The van der Waals surface area contributed by atoms with E-state index < -0.39 is 0 Å². The van der Waals surface area contributed by atoms with Crippen molar-refractivity contribution in [3.63, 3.8) is 0 Å². The lowest BCUT2D eigenvalue weighted by Gasteiger charge is -2.16. The van der Waals surface area contributed by atoms with Crippen LogP contribution in [0.1, 0.15) is 113 Å². The van der Waals surface area contributed by atoms with Gasteiger partial charge in [0.05, 0.1) is 25.2 Å². The second kappa shape index (κ2) is 19.5. The largest absolute Gasteiger partial charge is 0.493 e. The van der Waals surface area contributed by atoms with Gasteiger partial charge >= 0.3 is 0 Å². The average Bonchev–Trinajstić information content (AvgIpc) is 3.49. The fourth-order valence-corrected chi connectivity index (χ4v) is 5.72. The third-order valence-electron chi connectivity index (χ3n) is 7.39. The molecular weight excluding hydrogens is 516 g/mol. The lowest BCUT2D eigenvalue weighted by molar-refractivity contribution is 0.102. The number of thioether (sulfide) groups is 1. The average molecular weight is 567 g/mol. The molecular formula is C34H50N2O3S. The number of amides is 1. The number of hydrogen-bond acceptors (Lipinski definition) is 5. The SMILES string of the molecule is CCCCCCCCCCCCCCCCOc1c(OC)cccc1C(=O)Nc1ccc(CN2C=CSC2)cc1. The van der Waals surface area contributed by atoms with Crippen LogP contribution in [-0.4, -0.2) is 30.4 Å². The number of nitrogens with zero attached hydrogens (tertiary/aromatic N) is 1. The third-order valence-corrected chi connectivity index (χ3v) is 8.19. The Balaban J connectivity index is 1.34. The van der Waals surface area contributed by atoms with Gasteiger partial charge < -0.3 is 19.7 Å². The first-order valence-corrected chi connectivity index (χ1v) is 16.5. The van der Waals surface area contributed by atoms with E-state index in [2.05, 4.69) is 40.9 Å². The molecule has 1 aliphatic heterocycles. The number of unbranched alkanes of at least 4 members (excludes halogenated alkanes) is 13. The fraction of sp³-hybridized carbons (Fsp3) is 0.559. The topological polar surface area (TPSA) is 50.8 Å². The summed E-state index contributed by atoms with van der Waals surface area (Å²) in [4.78, 5) is 15.4. The Hall–Kier alpha value is -2.60. The molecule has 0 saturated carbocycles. The van der Waals surface area contributed by atoms with Gasteiger partial charge in [-0.1, -0.05) is 109 Å². The van der Waals surface area contributed by atoms with Crippen molar-refractivity contribution in [3.05, 3.63) is 65.2 Å². The number of methoxy groups -OCH3 is 1. The van der Waals surface area contributed by atoms with Crippen LogP contribution in [0, 0.1) is 0 Å². The zero-order valence-corrected chi connectivity index (χ0v) is 25.6. The zero-order valence-electron chi connectivity index (χ0n) is 24.8. The molecule has 0 radical (unpaired) electrons. The van der Waals surface area contributed by atoms with Gasteiger partial charge in [0.1, 0.15) is 0 Å².